The van der Waals surface area contributed by atoms with Gasteiger partial charge < -0.3 is 0 Å². The van der Waals surface area contributed by atoms with Crippen molar-refractivity contribution in [3.05, 3.63) is 9.94 Å². The number of sulfone groups is 1. The topological polar surface area (TPSA) is 68.3 Å². The van der Waals surface area contributed by atoms with E-state index in [1.807, 2.05) is 0 Å². The van der Waals surface area contributed by atoms with Crippen LogP contribution in [0.2, 0.25) is 0 Å². The molecule has 0 bridgehead atoms. The summed E-state index contributed by atoms with van der Waals surface area (Å²) in [5.41, 5.74) is 0. The van der Waals surface area contributed by atoms with E-state index >= 15 is 0 Å². The first-order valence-corrected chi connectivity index (χ1v) is 7.26. The molecule has 1 heterocycles. The summed E-state index contributed by atoms with van der Waals surface area (Å²) in [4.78, 5) is -0.397. The normalized spacial score (nSPS) is 23.2. The highest BCUT2D eigenvalue weighted by Gasteiger charge is 2.33. The lowest BCUT2D eigenvalue weighted by molar-refractivity contribution is 0.601. The Labute approximate surface area is 79.5 Å². The molecule has 0 atom stereocenters. The van der Waals surface area contributed by atoms with E-state index in [0.29, 0.717) is 0 Å². The van der Waals surface area contributed by atoms with E-state index in [0.717, 1.165) is 0 Å². The predicted molar refractivity (Wildman–Crippen MR) is 46.3 cm³/mol. The molecule has 0 saturated carbocycles. The standard InChI is InChI=1S/C4H4Cl2O4S2/c5-3-1-11(7,8)2-4(3)12(6,9)10/h1-2H2. The zero-order valence-electron chi connectivity index (χ0n) is 5.62. The summed E-state index contributed by atoms with van der Waals surface area (Å²) in [5, 5.41) is -0.204. The zero-order valence-corrected chi connectivity index (χ0v) is 8.76. The second-order valence-corrected chi connectivity index (χ2v) is 7.41. The molecule has 8 heteroatoms. The van der Waals surface area contributed by atoms with Gasteiger partial charge in [-0.05, 0) is 0 Å². The highest BCUT2D eigenvalue weighted by molar-refractivity contribution is 8.17. The van der Waals surface area contributed by atoms with Gasteiger partial charge in [0.05, 0.1) is 16.4 Å². The van der Waals surface area contributed by atoms with Gasteiger partial charge in [-0.25, -0.2) is 16.8 Å². The number of hydrogen-bond donors (Lipinski definition) is 0. The molecule has 0 aromatic rings. The van der Waals surface area contributed by atoms with Crippen molar-refractivity contribution in [2.75, 3.05) is 11.5 Å². The lowest BCUT2D eigenvalue weighted by Crippen LogP contribution is -2.05. The van der Waals surface area contributed by atoms with Crippen LogP contribution < -0.4 is 0 Å². The summed E-state index contributed by atoms with van der Waals surface area (Å²) in [6.45, 7) is 0. The van der Waals surface area contributed by atoms with Crippen LogP contribution in [0, 0.1) is 0 Å². The van der Waals surface area contributed by atoms with Crippen molar-refractivity contribution in [2.24, 2.45) is 0 Å². The van der Waals surface area contributed by atoms with Gasteiger partial charge in [-0.1, -0.05) is 11.6 Å². The van der Waals surface area contributed by atoms with E-state index in [-0.39, 0.29) is 5.03 Å². The van der Waals surface area contributed by atoms with Gasteiger partial charge in [0.25, 0.3) is 9.05 Å². The molecule has 12 heavy (non-hydrogen) atoms. The van der Waals surface area contributed by atoms with Crippen LogP contribution in [0.5, 0.6) is 0 Å². The van der Waals surface area contributed by atoms with E-state index in [1.165, 1.54) is 0 Å². The van der Waals surface area contributed by atoms with Crippen LogP contribution in [0.4, 0.5) is 0 Å². The van der Waals surface area contributed by atoms with Gasteiger partial charge in [0, 0.05) is 15.7 Å². The fourth-order valence-electron chi connectivity index (χ4n) is 0.805. The van der Waals surface area contributed by atoms with Crippen molar-refractivity contribution in [2.45, 2.75) is 0 Å². The maximum absolute atomic E-state index is 10.8. The van der Waals surface area contributed by atoms with Crippen LogP contribution >= 0.6 is 22.3 Å². The van der Waals surface area contributed by atoms with Crippen LogP contribution in [0.15, 0.2) is 9.94 Å². The van der Waals surface area contributed by atoms with Crippen LogP contribution in [-0.4, -0.2) is 28.3 Å². The van der Waals surface area contributed by atoms with Crippen LogP contribution in [0.25, 0.3) is 0 Å². The second kappa shape index (κ2) is 2.87. The van der Waals surface area contributed by atoms with Gasteiger partial charge >= 0.3 is 0 Å². The van der Waals surface area contributed by atoms with E-state index in [9.17, 15) is 16.8 Å². The van der Waals surface area contributed by atoms with Crippen LogP contribution in [0.3, 0.4) is 0 Å². The van der Waals surface area contributed by atoms with Gasteiger partial charge in [0.2, 0.25) is 0 Å². The predicted octanol–water partition coefficient (Wildman–Crippen LogP) is 0.434. The van der Waals surface area contributed by atoms with Crippen molar-refractivity contribution in [3.63, 3.8) is 0 Å². The molecule has 1 aliphatic rings. The van der Waals surface area contributed by atoms with Crippen molar-refractivity contribution >= 4 is 41.2 Å². The highest BCUT2D eigenvalue weighted by atomic mass is 35.7. The third kappa shape index (κ3) is 2.12. The summed E-state index contributed by atoms with van der Waals surface area (Å²) in [7, 11) is -2.45. The Morgan fingerprint density at radius 3 is 1.92 bits per heavy atom. The van der Waals surface area contributed by atoms with Crippen molar-refractivity contribution < 1.29 is 16.8 Å². The summed E-state index contributed by atoms with van der Waals surface area (Å²) in [5.74, 6) is -1.02. The molecule has 0 spiro atoms. The number of rotatable bonds is 1. The molecule has 1 rings (SSSR count). The Kier molecular flexibility index (Phi) is 2.46. The molecule has 0 saturated heterocycles. The van der Waals surface area contributed by atoms with Gasteiger partial charge in [-0.15, -0.1) is 0 Å². The zero-order chi connectivity index (χ0) is 9.57. The molecular formula is C4H4Cl2O4S2. The maximum atomic E-state index is 10.8. The molecule has 0 aromatic heterocycles. The Morgan fingerprint density at radius 1 is 1.25 bits per heavy atom. The molecule has 1 aliphatic heterocycles. The smallest absolute Gasteiger partial charge is 0.228 e. The van der Waals surface area contributed by atoms with Crippen LogP contribution in [-0.2, 0) is 18.9 Å². The first kappa shape index (κ1) is 10.3. The fourth-order valence-corrected chi connectivity index (χ4v) is 5.32. The third-order valence-corrected chi connectivity index (χ3v) is 5.10. The summed E-state index contributed by atoms with van der Waals surface area (Å²) in [6.07, 6.45) is 0. The van der Waals surface area contributed by atoms with Crippen molar-refractivity contribution in [1.82, 2.24) is 0 Å². The summed E-state index contributed by atoms with van der Waals surface area (Å²) in [6, 6.07) is 0. The maximum Gasteiger partial charge on any atom is 0.259 e. The van der Waals surface area contributed by atoms with Crippen LogP contribution in [0.1, 0.15) is 0 Å². The van der Waals surface area contributed by atoms with Gasteiger partial charge in [0.1, 0.15) is 0 Å². The van der Waals surface area contributed by atoms with E-state index < -0.39 is 35.3 Å². The second-order valence-electron chi connectivity index (χ2n) is 2.30. The lowest BCUT2D eigenvalue weighted by atomic mass is 10.6. The van der Waals surface area contributed by atoms with Gasteiger partial charge in [-0.2, -0.15) is 0 Å². The van der Waals surface area contributed by atoms with Gasteiger partial charge in [-0.3, -0.25) is 0 Å². The largest absolute Gasteiger partial charge is 0.259 e. The average molecular weight is 251 g/mol. The van der Waals surface area contributed by atoms with Gasteiger partial charge in [0.15, 0.2) is 9.84 Å². The van der Waals surface area contributed by atoms with E-state index in [4.69, 9.17) is 22.3 Å². The molecule has 4 nitrogen and oxygen atoms in total. The van der Waals surface area contributed by atoms with E-state index in [1.54, 1.807) is 0 Å². The summed E-state index contributed by atoms with van der Waals surface area (Å²) >= 11 is 5.38. The molecule has 70 valence electrons. The Hall–Kier alpha value is 0.220. The molecular weight excluding hydrogens is 247 g/mol. The lowest BCUT2D eigenvalue weighted by Gasteiger charge is -1.92. The minimum Gasteiger partial charge on any atom is -0.228 e. The van der Waals surface area contributed by atoms with Crippen molar-refractivity contribution in [1.29, 1.82) is 0 Å². The SMILES string of the molecule is O=S1(=O)CC(Cl)=C(S(=O)(=O)Cl)C1. The molecule has 0 aliphatic carbocycles. The molecule has 0 radical (unpaired) electrons. The first-order chi connectivity index (χ1) is 5.22. The third-order valence-electron chi connectivity index (χ3n) is 1.29. The summed E-state index contributed by atoms with van der Waals surface area (Å²) < 4.78 is 43.1. The minimum absolute atomic E-state index is 0.204. The molecule has 0 fully saturated rings. The molecule has 0 aromatic carbocycles. The fraction of sp³-hybridized carbons (Fsp3) is 0.500. The highest BCUT2D eigenvalue weighted by Crippen LogP contribution is 2.28. The Bertz CT molecular complexity index is 430. The van der Waals surface area contributed by atoms with Crippen molar-refractivity contribution in [3.8, 4) is 0 Å². The Balaban J connectivity index is 3.21. The minimum atomic E-state index is -3.98. The monoisotopic (exact) mass is 250 g/mol. The van der Waals surface area contributed by atoms with E-state index in [2.05, 4.69) is 0 Å². The number of halogens is 2. The Morgan fingerprint density at radius 2 is 1.75 bits per heavy atom. The average Bonchev–Trinajstić information content (AvgIpc) is 2.03. The first-order valence-electron chi connectivity index (χ1n) is 2.75. The quantitative estimate of drug-likeness (QED) is 0.634. The molecule has 0 N–H and O–H groups in total. The molecule has 0 unspecified atom stereocenters. The number of hydrogen-bond acceptors (Lipinski definition) is 4. The molecule has 0 amide bonds.